The van der Waals surface area contributed by atoms with Crippen molar-refractivity contribution < 1.29 is 18.9 Å². The fourth-order valence-corrected chi connectivity index (χ4v) is 2.44. The van der Waals surface area contributed by atoms with E-state index >= 15 is 0 Å². The van der Waals surface area contributed by atoms with E-state index in [1.807, 2.05) is 12.1 Å². The van der Waals surface area contributed by atoms with Crippen molar-refractivity contribution in [3.8, 4) is 23.3 Å². The molecule has 0 spiro atoms. The molecule has 0 saturated carbocycles. The summed E-state index contributed by atoms with van der Waals surface area (Å²) >= 11 is 6.58. The minimum absolute atomic E-state index is 0.583. The van der Waals surface area contributed by atoms with Crippen LogP contribution >= 0.6 is 31.9 Å². The lowest BCUT2D eigenvalue weighted by Gasteiger charge is -2.16. The molecule has 0 unspecified atom stereocenters. The van der Waals surface area contributed by atoms with Crippen LogP contribution in [0.2, 0.25) is 0 Å². The van der Waals surface area contributed by atoms with Crippen LogP contribution < -0.4 is 18.9 Å². The molecule has 0 N–H and O–H groups in total. The van der Waals surface area contributed by atoms with E-state index in [9.17, 15) is 0 Å². The van der Waals surface area contributed by atoms with E-state index in [1.54, 1.807) is 12.4 Å². The molecule has 0 radical (unpaired) electrons. The van der Waals surface area contributed by atoms with Crippen LogP contribution in [0.5, 0.6) is 23.3 Å². The lowest BCUT2D eigenvalue weighted by molar-refractivity contribution is 0.164. The number of rotatable bonds is 0. The molecule has 0 fully saturated rings. The molecular weight excluding hydrogens is 420 g/mol. The number of fused-ring (bicyclic) bond motifs is 2. The van der Waals surface area contributed by atoms with Crippen molar-refractivity contribution in [2.24, 2.45) is 0 Å². The predicted molar refractivity (Wildman–Crippen MR) is 85.9 cm³/mol. The van der Waals surface area contributed by atoms with E-state index in [0.29, 0.717) is 49.7 Å². The Bertz CT molecular complexity index is 612. The molecule has 4 heterocycles. The van der Waals surface area contributed by atoms with E-state index in [0.717, 1.165) is 8.95 Å². The summed E-state index contributed by atoms with van der Waals surface area (Å²) in [6, 6.07) is 3.70. The monoisotopic (exact) mass is 430 g/mol. The number of hydrogen-bond donors (Lipinski definition) is 0. The smallest absolute Gasteiger partial charge is 0.257 e. The minimum Gasteiger partial charge on any atom is -0.484 e. The Kier molecular flexibility index (Phi) is 4.99. The van der Waals surface area contributed by atoms with Crippen molar-refractivity contribution in [2.75, 3.05) is 26.4 Å². The van der Waals surface area contributed by atoms with Gasteiger partial charge in [0.15, 0.2) is 11.5 Å². The normalized spacial score (nSPS) is 14.6. The van der Waals surface area contributed by atoms with Crippen LogP contribution in [0.1, 0.15) is 0 Å². The Morgan fingerprint density at radius 2 is 1.09 bits per heavy atom. The van der Waals surface area contributed by atoms with Gasteiger partial charge < -0.3 is 18.9 Å². The molecular formula is C14H12Br2N2O4. The summed E-state index contributed by atoms with van der Waals surface area (Å²) in [4.78, 5) is 8.05. The molecule has 0 bridgehead atoms. The van der Waals surface area contributed by atoms with Gasteiger partial charge >= 0.3 is 0 Å². The second-order valence-corrected chi connectivity index (χ2v) is 6.14. The highest BCUT2D eigenvalue weighted by atomic mass is 79.9. The van der Waals surface area contributed by atoms with Crippen LogP contribution in [0.15, 0.2) is 33.5 Å². The van der Waals surface area contributed by atoms with Crippen molar-refractivity contribution in [2.45, 2.75) is 0 Å². The topological polar surface area (TPSA) is 62.7 Å². The van der Waals surface area contributed by atoms with Crippen molar-refractivity contribution >= 4 is 31.9 Å². The zero-order chi connectivity index (χ0) is 15.4. The molecule has 0 amide bonds. The standard InChI is InChI=1S/2C7H6BrNO2/c2*8-5-3-6-7(9-4-5)11-2-1-10-6/h2*3-4H,1-2H2. The third-order valence-corrected chi connectivity index (χ3v) is 3.60. The maximum atomic E-state index is 5.29. The molecule has 0 aromatic carbocycles. The van der Waals surface area contributed by atoms with Gasteiger partial charge in [-0.3, -0.25) is 0 Å². The average molecular weight is 432 g/mol. The van der Waals surface area contributed by atoms with Crippen molar-refractivity contribution in [1.29, 1.82) is 0 Å². The predicted octanol–water partition coefficient (Wildman–Crippen LogP) is 3.23. The summed E-state index contributed by atoms with van der Waals surface area (Å²) in [5, 5.41) is 0. The summed E-state index contributed by atoms with van der Waals surface area (Å²) in [6.45, 7) is 2.37. The summed E-state index contributed by atoms with van der Waals surface area (Å²) in [5.74, 6) is 2.59. The van der Waals surface area contributed by atoms with Crippen LogP contribution in [0.25, 0.3) is 0 Å². The first kappa shape index (κ1) is 15.4. The third kappa shape index (κ3) is 3.80. The van der Waals surface area contributed by atoms with Crippen LogP contribution in [0, 0.1) is 0 Å². The molecule has 8 heteroatoms. The second kappa shape index (κ2) is 7.15. The van der Waals surface area contributed by atoms with Crippen LogP contribution in [-0.4, -0.2) is 36.4 Å². The first-order valence-electron chi connectivity index (χ1n) is 6.54. The summed E-state index contributed by atoms with van der Waals surface area (Å²) < 4.78 is 22.8. The highest BCUT2D eigenvalue weighted by molar-refractivity contribution is 9.10. The molecule has 22 heavy (non-hydrogen) atoms. The number of ether oxygens (including phenoxy) is 4. The van der Waals surface area contributed by atoms with E-state index in [1.165, 1.54) is 0 Å². The van der Waals surface area contributed by atoms with E-state index in [4.69, 9.17) is 18.9 Å². The Morgan fingerprint density at radius 1 is 0.682 bits per heavy atom. The zero-order valence-electron chi connectivity index (χ0n) is 11.4. The second-order valence-electron chi connectivity index (χ2n) is 4.31. The number of nitrogens with zero attached hydrogens (tertiary/aromatic N) is 2. The molecule has 0 saturated heterocycles. The number of aromatic nitrogens is 2. The molecule has 0 atom stereocenters. The first-order valence-corrected chi connectivity index (χ1v) is 8.13. The van der Waals surface area contributed by atoms with E-state index in [2.05, 4.69) is 41.8 Å². The van der Waals surface area contributed by atoms with Crippen molar-refractivity contribution in [3.63, 3.8) is 0 Å². The highest BCUT2D eigenvalue weighted by Gasteiger charge is 2.12. The molecule has 2 aromatic heterocycles. The molecule has 116 valence electrons. The van der Waals surface area contributed by atoms with Gasteiger partial charge in [-0.15, -0.1) is 0 Å². The van der Waals surface area contributed by atoms with Crippen LogP contribution in [-0.2, 0) is 0 Å². The van der Waals surface area contributed by atoms with Crippen molar-refractivity contribution in [3.05, 3.63) is 33.5 Å². The average Bonchev–Trinajstić information content (AvgIpc) is 2.55. The van der Waals surface area contributed by atoms with Crippen LogP contribution in [0.3, 0.4) is 0 Å². The van der Waals surface area contributed by atoms with Gasteiger partial charge in [0.05, 0.1) is 0 Å². The maximum absolute atomic E-state index is 5.29. The van der Waals surface area contributed by atoms with Gasteiger partial charge in [0, 0.05) is 33.5 Å². The minimum atomic E-state index is 0.583. The van der Waals surface area contributed by atoms with Gasteiger partial charge in [0.25, 0.3) is 11.8 Å². The molecule has 6 nitrogen and oxygen atoms in total. The van der Waals surface area contributed by atoms with Crippen molar-refractivity contribution in [1.82, 2.24) is 9.97 Å². The molecule has 2 aliphatic heterocycles. The number of pyridine rings is 2. The van der Waals surface area contributed by atoms with Crippen LogP contribution in [0.4, 0.5) is 0 Å². The molecule has 4 rings (SSSR count). The summed E-state index contributed by atoms with van der Waals surface area (Å²) in [5.41, 5.74) is 0. The van der Waals surface area contributed by atoms with Gasteiger partial charge in [0.1, 0.15) is 26.4 Å². The van der Waals surface area contributed by atoms with Gasteiger partial charge in [-0.1, -0.05) is 0 Å². The highest BCUT2D eigenvalue weighted by Crippen LogP contribution is 2.30. The Hall–Kier alpha value is -1.54. The molecule has 2 aromatic rings. The number of halogens is 2. The Morgan fingerprint density at radius 3 is 1.55 bits per heavy atom. The Balaban J connectivity index is 0.000000131. The maximum Gasteiger partial charge on any atom is 0.257 e. The Labute approximate surface area is 144 Å². The first-order chi connectivity index (χ1) is 10.7. The zero-order valence-corrected chi connectivity index (χ0v) is 14.6. The van der Waals surface area contributed by atoms with Gasteiger partial charge in [-0.25, -0.2) is 9.97 Å². The van der Waals surface area contributed by atoms with Gasteiger partial charge in [0.2, 0.25) is 0 Å². The quantitative estimate of drug-likeness (QED) is 0.638. The lowest BCUT2D eigenvalue weighted by atomic mass is 10.4. The van der Waals surface area contributed by atoms with E-state index < -0.39 is 0 Å². The largest absolute Gasteiger partial charge is 0.484 e. The fourth-order valence-electron chi connectivity index (χ4n) is 1.82. The van der Waals surface area contributed by atoms with E-state index in [-0.39, 0.29) is 0 Å². The fraction of sp³-hybridized carbons (Fsp3) is 0.286. The molecule has 2 aliphatic rings. The van der Waals surface area contributed by atoms with Gasteiger partial charge in [-0.05, 0) is 31.9 Å². The third-order valence-electron chi connectivity index (χ3n) is 2.73. The lowest BCUT2D eigenvalue weighted by Crippen LogP contribution is -2.16. The SMILES string of the molecule is Brc1cnc2c(c1)OCCO2.Brc1cnc2c(c1)OCCO2. The van der Waals surface area contributed by atoms with Gasteiger partial charge in [-0.2, -0.15) is 0 Å². The summed E-state index contributed by atoms with van der Waals surface area (Å²) in [7, 11) is 0. The summed E-state index contributed by atoms with van der Waals surface area (Å²) in [6.07, 6.45) is 3.38. The molecule has 0 aliphatic carbocycles. The number of hydrogen-bond acceptors (Lipinski definition) is 6.